The Balaban J connectivity index is 2.63. The number of nitrogens with two attached hydrogens (primary N) is 2. The monoisotopic (exact) mass is 213 g/mol. The molecular formula is C10H19N3O2. The minimum absolute atomic E-state index is 0.0269. The molecule has 0 aromatic heterocycles. The molecule has 1 fully saturated rings. The largest absolute Gasteiger partial charge is 0.368 e. The van der Waals surface area contributed by atoms with Crippen molar-refractivity contribution in [3.8, 4) is 0 Å². The Bertz CT molecular complexity index is 255. The van der Waals surface area contributed by atoms with E-state index >= 15 is 0 Å². The number of nitrogens with zero attached hydrogens (tertiary/aromatic N) is 1. The van der Waals surface area contributed by atoms with Crippen LogP contribution >= 0.6 is 0 Å². The molecule has 0 spiro atoms. The molecule has 1 aliphatic rings. The van der Waals surface area contributed by atoms with Crippen molar-refractivity contribution in [2.75, 3.05) is 13.1 Å². The van der Waals surface area contributed by atoms with Crippen LogP contribution in [0.2, 0.25) is 0 Å². The first-order valence-electron chi connectivity index (χ1n) is 5.39. The molecule has 0 radical (unpaired) electrons. The maximum absolute atomic E-state index is 11.6. The zero-order chi connectivity index (χ0) is 11.4. The molecule has 0 aromatic carbocycles. The fourth-order valence-electron chi connectivity index (χ4n) is 2.11. The van der Waals surface area contributed by atoms with Crippen molar-refractivity contribution < 1.29 is 9.59 Å². The van der Waals surface area contributed by atoms with Crippen LogP contribution in [0.15, 0.2) is 0 Å². The van der Waals surface area contributed by atoms with E-state index in [0.29, 0.717) is 25.9 Å². The quantitative estimate of drug-likeness (QED) is 0.642. The predicted molar refractivity (Wildman–Crippen MR) is 56.8 cm³/mol. The molecule has 2 atom stereocenters. The van der Waals surface area contributed by atoms with Crippen molar-refractivity contribution in [2.24, 2.45) is 17.4 Å². The summed E-state index contributed by atoms with van der Waals surface area (Å²) in [5.41, 5.74) is 10.7. The maximum Gasteiger partial charge on any atom is 0.240 e. The number of hydrogen-bond acceptors (Lipinski definition) is 3. The van der Waals surface area contributed by atoms with Gasteiger partial charge in [0.2, 0.25) is 11.8 Å². The van der Waals surface area contributed by atoms with Crippen LogP contribution in [0, 0.1) is 5.92 Å². The number of carbonyl (C=O) groups is 2. The number of carbonyl (C=O) groups excluding carboxylic acids is 2. The predicted octanol–water partition coefficient (Wildman–Crippen LogP) is -0.552. The van der Waals surface area contributed by atoms with Crippen LogP contribution in [0.4, 0.5) is 0 Å². The van der Waals surface area contributed by atoms with E-state index in [1.165, 1.54) is 0 Å². The summed E-state index contributed by atoms with van der Waals surface area (Å²) in [6.07, 6.45) is 1.91. The molecule has 0 aromatic rings. The second kappa shape index (κ2) is 5.11. The molecule has 0 aliphatic carbocycles. The fraction of sp³-hybridized carbons (Fsp3) is 0.800. The van der Waals surface area contributed by atoms with Crippen LogP contribution in [0.5, 0.6) is 0 Å². The highest BCUT2D eigenvalue weighted by molar-refractivity contribution is 5.87. The molecule has 1 heterocycles. The Morgan fingerprint density at radius 1 is 1.67 bits per heavy atom. The van der Waals surface area contributed by atoms with E-state index in [1.807, 2.05) is 6.92 Å². The van der Waals surface area contributed by atoms with Gasteiger partial charge in [-0.05, 0) is 25.3 Å². The lowest BCUT2D eigenvalue weighted by molar-refractivity contribution is -0.136. The van der Waals surface area contributed by atoms with Gasteiger partial charge in [0, 0.05) is 13.0 Å². The molecular weight excluding hydrogens is 194 g/mol. The number of primary amides is 1. The molecule has 0 saturated carbocycles. The van der Waals surface area contributed by atoms with Gasteiger partial charge >= 0.3 is 0 Å². The smallest absolute Gasteiger partial charge is 0.240 e. The molecule has 86 valence electrons. The van der Waals surface area contributed by atoms with E-state index in [0.717, 1.165) is 6.42 Å². The first-order chi connectivity index (χ1) is 7.10. The van der Waals surface area contributed by atoms with Gasteiger partial charge in [0.25, 0.3) is 0 Å². The van der Waals surface area contributed by atoms with Gasteiger partial charge in [0.15, 0.2) is 0 Å². The Hall–Kier alpha value is -1.10. The highest BCUT2D eigenvalue weighted by Crippen LogP contribution is 2.23. The summed E-state index contributed by atoms with van der Waals surface area (Å²) in [4.78, 5) is 24.4. The lowest BCUT2D eigenvalue weighted by Crippen LogP contribution is -2.45. The van der Waals surface area contributed by atoms with Crippen molar-refractivity contribution in [3.05, 3.63) is 0 Å². The van der Waals surface area contributed by atoms with Crippen LogP contribution in [0.3, 0.4) is 0 Å². The van der Waals surface area contributed by atoms with Gasteiger partial charge < -0.3 is 16.4 Å². The van der Waals surface area contributed by atoms with Crippen LogP contribution in [-0.4, -0.2) is 35.8 Å². The van der Waals surface area contributed by atoms with Gasteiger partial charge in [-0.15, -0.1) is 0 Å². The highest BCUT2D eigenvalue weighted by atomic mass is 16.2. The van der Waals surface area contributed by atoms with E-state index in [-0.39, 0.29) is 11.8 Å². The first kappa shape index (κ1) is 12.0. The van der Waals surface area contributed by atoms with Crippen LogP contribution in [-0.2, 0) is 9.59 Å². The number of likely N-dealkylation sites (tertiary alicyclic amines) is 1. The highest BCUT2D eigenvalue weighted by Gasteiger charge is 2.35. The number of hydrogen-bond donors (Lipinski definition) is 2. The van der Waals surface area contributed by atoms with Gasteiger partial charge in [-0.25, -0.2) is 0 Å². The minimum Gasteiger partial charge on any atom is -0.368 e. The van der Waals surface area contributed by atoms with E-state index in [2.05, 4.69) is 0 Å². The van der Waals surface area contributed by atoms with Crippen molar-refractivity contribution in [3.63, 3.8) is 0 Å². The molecule has 5 heteroatoms. The maximum atomic E-state index is 11.6. The summed E-state index contributed by atoms with van der Waals surface area (Å²) in [6, 6.07) is -0.444. The molecule has 1 saturated heterocycles. The molecule has 5 nitrogen and oxygen atoms in total. The average molecular weight is 213 g/mol. The van der Waals surface area contributed by atoms with Gasteiger partial charge in [-0.2, -0.15) is 0 Å². The Morgan fingerprint density at radius 3 is 2.80 bits per heavy atom. The molecule has 15 heavy (non-hydrogen) atoms. The third kappa shape index (κ3) is 2.68. The summed E-state index contributed by atoms with van der Waals surface area (Å²) in [5, 5.41) is 0. The summed E-state index contributed by atoms with van der Waals surface area (Å²) in [6.45, 7) is 3.07. The van der Waals surface area contributed by atoms with E-state index < -0.39 is 11.9 Å². The molecule has 0 bridgehead atoms. The normalized spacial score (nSPS) is 23.2. The fourth-order valence-corrected chi connectivity index (χ4v) is 2.11. The number of rotatable bonds is 5. The zero-order valence-corrected chi connectivity index (χ0v) is 9.11. The second-order valence-corrected chi connectivity index (χ2v) is 4.02. The summed E-state index contributed by atoms with van der Waals surface area (Å²) < 4.78 is 0. The minimum atomic E-state index is -0.444. The van der Waals surface area contributed by atoms with Gasteiger partial charge in [0.05, 0.1) is 0 Å². The van der Waals surface area contributed by atoms with Gasteiger partial charge in [-0.1, -0.05) is 6.92 Å². The molecule has 1 aliphatic heterocycles. The third-order valence-electron chi connectivity index (χ3n) is 2.90. The molecule has 2 unspecified atom stereocenters. The Morgan fingerprint density at radius 2 is 2.33 bits per heavy atom. The van der Waals surface area contributed by atoms with Crippen molar-refractivity contribution >= 4 is 11.8 Å². The zero-order valence-electron chi connectivity index (χ0n) is 9.11. The van der Waals surface area contributed by atoms with Crippen LogP contribution < -0.4 is 11.5 Å². The van der Waals surface area contributed by atoms with E-state index in [4.69, 9.17) is 11.5 Å². The van der Waals surface area contributed by atoms with Gasteiger partial charge in [-0.3, -0.25) is 9.59 Å². The topological polar surface area (TPSA) is 89.4 Å². The van der Waals surface area contributed by atoms with Crippen molar-refractivity contribution in [1.29, 1.82) is 0 Å². The standard InChI is InChI=1S/C10H19N3O2/c1-2-8(10(12)15)13-6-7(3-4-11)5-9(13)14/h7-8H,2-6,11H2,1H3,(H2,12,15). The van der Waals surface area contributed by atoms with E-state index in [9.17, 15) is 9.59 Å². The Kier molecular flexibility index (Phi) is 4.08. The SMILES string of the molecule is CCC(C(N)=O)N1CC(CCN)CC1=O. The summed E-state index contributed by atoms with van der Waals surface area (Å²) in [7, 11) is 0. The Labute approximate surface area is 89.8 Å². The van der Waals surface area contributed by atoms with Crippen molar-refractivity contribution in [1.82, 2.24) is 4.90 Å². The van der Waals surface area contributed by atoms with Gasteiger partial charge in [0.1, 0.15) is 6.04 Å². The van der Waals surface area contributed by atoms with E-state index in [1.54, 1.807) is 4.90 Å². The molecule has 4 N–H and O–H groups in total. The average Bonchev–Trinajstić information content (AvgIpc) is 2.49. The third-order valence-corrected chi connectivity index (χ3v) is 2.90. The van der Waals surface area contributed by atoms with Crippen LogP contribution in [0.25, 0.3) is 0 Å². The lowest BCUT2D eigenvalue weighted by Gasteiger charge is -2.24. The van der Waals surface area contributed by atoms with Crippen LogP contribution in [0.1, 0.15) is 26.2 Å². The first-order valence-corrected chi connectivity index (χ1v) is 5.39. The lowest BCUT2D eigenvalue weighted by atomic mass is 10.1. The second-order valence-electron chi connectivity index (χ2n) is 4.02. The summed E-state index contributed by atoms with van der Waals surface area (Å²) >= 11 is 0. The van der Waals surface area contributed by atoms with Crippen molar-refractivity contribution in [2.45, 2.75) is 32.2 Å². The number of amides is 2. The molecule has 2 amide bonds. The molecule has 1 rings (SSSR count). The summed E-state index contributed by atoms with van der Waals surface area (Å²) in [5.74, 6) is -0.103.